The molecule has 2 aromatic rings. The molecule has 3 nitrogen and oxygen atoms in total. The largest absolute Gasteiger partial charge is 0.376 e. The first-order valence-corrected chi connectivity index (χ1v) is 6.43. The van der Waals surface area contributed by atoms with Crippen LogP contribution in [0.2, 0.25) is 0 Å². The second kappa shape index (κ2) is 5.80. The molecule has 0 aliphatic heterocycles. The van der Waals surface area contributed by atoms with Crippen LogP contribution in [-0.4, -0.2) is 31.8 Å². The maximum Gasteiger partial charge on any atom is 0.146 e. The summed E-state index contributed by atoms with van der Waals surface area (Å²) in [6.07, 6.45) is 3.61. The van der Waals surface area contributed by atoms with Crippen LogP contribution in [-0.2, 0) is 4.74 Å². The predicted molar refractivity (Wildman–Crippen MR) is 73.9 cm³/mol. The number of hydrogen-bond acceptors (Lipinski definition) is 4. The van der Waals surface area contributed by atoms with Gasteiger partial charge < -0.3 is 9.64 Å². The molecule has 90 valence electrons. The summed E-state index contributed by atoms with van der Waals surface area (Å²) < 4.78 is 6.62. The molecule has 0 spiro atoms. The average Bonchev–Trinajstić information content (AvgIpc) is 2.82. The predicted octanol–water partition coefficient (Wildman–Crippen LogP) is 2.94. The SMILES string of the molecule is C=CCOCCN(C)c1nccc2ccsc12. The number of likely N-dealkylation sites (N-methyl/N-ethyl adjacent to an activating group) is 1. The topological polar surface area (TPSA) is 25.4 Å². The Labute approximate surface area is 105 Å². The lowest BCUT2D eigenvalue weighted by atomic mass is 10.3. The van der Waals surface area contributed by atoms with Crippen LogP contribution in [0.25, 0.3) is 10.1 Å². The standard InChI is InChI=1S/C13H16N2OS/c1-3-8-16-9-7-15(2)13-12-11(4-6-14-13)5-10-17-12/h3-6,10H,1,7-9H2,2H3. The van der Waals surface area contributed by atoms with Crippen molar-refractivity contribution in [2.75, 3.05) is 31.7 Å². The van der Waals surface area contributed by atoms with Gasteiger partial charge in [0, 0.05) is 19.8 Å². The molecule has 0 amide bonds. The lowest BCUT2D eigenvalue weighted by Crippen LogP contribution is -2.23. The van der Waals surface area contributed by atoms with E-state index in [0.29, 0.717) is 13.2 Å². The van der Waals surface area contributed by atoms with E-state index < -0.39 is 0 Å². The van der Waals surface area contributed by atoms with Gasteiger partial charge in [-0.3, -0.25) is 0 Å². The van der Waals surface area contributed by atoms with Gasteiger partial charge in [0.2, 0.25) is 0 Å². The molecule has 4 heteroatoms. The zero-order chi connectivity index (χ0) is 12.1. The van der Waals surface area contributed by atoms with Crippen molar-refractivity contribution < 1.29 is 4.74 Å². The van der Waals surface area contributed by atoms with Gasteiger partial charge >= 0.3 is 0 Å². The van der Waals surface area contributed by atoms with E-state index in [1.165, 1.54) is 10.1 Å². The van der Waals surface area contributed by atoms with Gasteiger partial charge in [-0.25, -0.2) is 4.98 Å². The minimum absolute atomic E-state index is 0.602. The first kappa shape index (κ1) is 12.1. The number of fused-ring (bicyclic) bond motifs is 1. The van der Waals surface area contributed by atoms with Crippen LogP contribution in [0, 0.1) is 0 Å². The van der Waals surface area contributed by atoms with E-state index in [0.717, 1.165) is 12.4 Å². The molecule has 0 saturated carbocycles. The Hall–Kier alpha value is -1.39. The molecule has 0 aromatic carbocycles. The Kier molecular flexibility index (Phi) is 4.12. The van der Waals surface area contributed by atoms with Crippen LogP contribution in [0.4, 0.5) is 5.82 Å². The summed E-state index contributed by atoms with van der Waals surface area (Å²) >= 11 is 1.72. The van der Waals surface area contributed by atoms with Crippen LogP contribution < -0.4 is 4.90 Å². The third kappa shape index (κ3) is 2.84. The van der Waals surface area contributed by atoms with E-state index in [9.17, 15) is 0 Å². The summed E-state index contributed by atoms with van der Waals surface area (Å²) in [7, 11) is 2.04. The molecule has 0 fully saturated rings. The third-order valence-corrected chi connectivity index (χ3v) is 3.44. The number of nitrogens with zero attached hydrogens (tertiary/aromatic N) is 2. The van der Waals surface area contributed by atoms with E-state index in [2.05, 4.69) is 27.9 Å². The zero-order valence-electron chi connectivity index (χ0n) is 9.93. The molecule has 0 aliphatic rings. The van der Waals surface area contributed by atoms with Crippen molar-refractivity contribution >= 4 is 27.2 Å². The van der Waals surface area contributed by atoms with Crippen molar-refractivity contribution in [3.63, 3.8) is 0 Å². The summed E-state index contributed by atoms with van der Waals surface area (Å²) in [5.74, 6) is 1.03. The Morgan fingerprint density at radius 3 is 3.24 bits per heavy atom. The average molecular weight is 248 g/mol. The molecule has 0 unspecified atom stereocenters. The van der Waals surface area contributed by atoms with E-state index in [-0.39, 0.29) is 0 Å². The van der Waals surface area contributed by atoms with Crippen molar-refractivity contribution in [1.29, 1.82) is 0 Å². The van der Waals surface area contributed by atoms with Gasteiger partial charge in [-0.05, 0) is 22.9 Å². The van der Waals surface area contributed by atoms with Gasteiger partial charge in [-0.1, -0.05) is 6.08 Å². The van der Waals surface area contributed by atoms with E-state index >= 15 is 0 Å². The fourth-order valence-corrected chi connectivity index (χ4v) is 2.56. The second-order valence-electron chi connectivity index (χ2n) is 3.76. The van der Waals surface area contributed by atoms with Crippen LogP contribution in [0.5, 0.6) is 0 Å². The minimum atomic E-state index is 0.602. The Balaban J connectivity index is 2.05. The van der Waals surface area contributed by atoms with Crippen molar-refractivity contribution in [2.24, 2.45) is 0 Å². The van der Waals surface area contributed by atoms with Gasteiger partial charge in [-0.15, -0.1) is 17.9 Å². The Morgan fingerprint density at radius 1 is 1.53 bits per heavy atom. The highest BCUT2D eigenvalue weighted by Gasteiger charge is 2.08. The van der Waals surface area contributed by atoms with Gasteiger partial charge in [0.1, 0.15) is 5.82 Å². The van der Waals surface area contributed by atoms with Crippen LogP contribution in [0.15, 0.2) is 36.4 Å². The molecule has 2 aromatic heterocycles. The molecule has 0 atom stereocenters. The maximum atomic E-state index is 5.38. The molecule has 0 aliphatic carbocycles. The van der Waals surface area contributed by atoms with E-state index in [4.69, 9.17) is 4.74 Å². The normalized spacial score (nSPS) is 10.6. The summed E-state index contributed by atoms with van der Waals surface area (Å²) in [5.41, 5.74) is 0. The van der Waals surface area contributed by atoms with Crippen LogP contribution in [0.3, 0.4) is 0 Å². The highest BCUT2D eigenvalue weighted by atomic mass is 32.1. The number of thiophene rings is 1. The van der Waals surface area contributed by atoms with Gasteiger partial charge in [-0.2, -0.15) is 0 Å². The minimum Gasteiger partial charge on any atom is -0.376 e. The van der Waals surface area contributed by atoms with Crippen molar-refractivity contribution in [3.05, 3.63) is 36.4 Å². The van der Waals surface area contributed by atoms with Crippen LogP contribution >= 0.6 is 11.3 Å². The number of hydrogen-bond donors (Lipinski definition) is 0. The molecule has 0 saturated heterocycles. The fourth-order valence-electron chi connectivity index (χ4n) is 1.62. The van der Waals surface area contributed by atoms with Crippen molar-refractivity contribution in [1.82, 2.24) is 4.98 Å². The number of ether oxygens (including phenoxy) is 1. The molecular weight excluding hydrogens is 232 g/mol. The highest BCUT2D eigenvalue weighted by Crippen LogP contribution is 2.28. The molecule has 2 rings (SSSR count). The molecule has 0 bridgehead atoms. The number of pyridine rings is 1. The highest BCUT2D eigenvalue weighted by molar-refractivity contribution is 7.17. The Bertz CT molecular complexity index is 495. The van der Waals surface area contributed by atoms with E-state index in [1.54, 1.807) is 17.4 Å². The third-order valence-electron chi connectivity index (χ3n) is 2.52. The molecular formula is C13H16N2OS. The van der Waals surface area contributed by atoms with Gasteiger partial charge in [0.25, 0.3) is 0 Å². The summed E-state index contributed by atoms with van der Waals surface area (Å²) in [6.45, 7) is 5.74. The second-order valence-corrected chi connectivity index (χ2v) is 4.67. The fraction of sp³-hybridized carbons (Fsp3) is 0.308. The number of anilines is 1. The zero-order valence-corrected chi connectivity index (χ0v) is 10.7. The molecule has 2 heterocycles. The smallest absolute Gasteiger partial charge is 0.146 e. The monoisotopic (exact) mass is 248 g/mol. The first-order valence-electron chi connectivity index (χ1n) is 5.55. The lowest BCUT2D eigenvalue weighted by Gasteiger charge is -2.18. The summed E-state index contributed by atoms with van der Waals surface area (Å²) in [5, 5.41) is 3.34. The maximum absolute atomic E-state index is 5.38. The summed E-state index contributed by atoms with van der Waals surface area (Å²) in [6, 6.07) is 4.16. The number of rotatable bonds is 6. The number of aromatic nitrogens is 1. The molecule has 0 radical (unpaired) electrons. The van der Waals surface area contributed by atoms with Crippen LogP contribution in [0.1, 0.15) is 0 Å². The summed E-state index contributed by atoms with van der Waals surface area (Å²) in [4.78, 5) is 6.57. The lowest BCUT2D eigenvalue weighted by molar-refractivity contribution is 0.170. The van der Waals surface area contributed by atoms with Gasteiger partial charge in [0.05, 0.1) is 17.9 Å². The van der Waals surface area contributed by atoms with Gasteiger partial charge in [0.15, 0.2) is 0 Å². The first-order chi connectivity index (χ1) is 8.33. The quantitative estimate of drug-likeness (QED) is 0.580. The molecule has 0 N–H and O–H groups in total. The van der Waals surface area contributed by atoms with E-state index in [1.807, 2.05) is 19.3 Å². The molecule has 17 heavy (non-hydrogen) atoms. The Morgan fingerprint density at radius 2 is 2.41 bits per heavy atom. The van der Waals surface area contributed by atoms with Crippen molar-refractivity contribution in [3.8, 4) is 0 Å². The van der Waals surface area contributed by atoms with Crippen molar-refractivity contribution in [2.45, 2.75) is 0 Å².